The molecule has 1 rings (SSSR count). The van der Waals surface area contributed by atoms with Gasteiger partial charge in [0.25, 0.3) is 0 Å². The quantitative estimate of drug-likeness (QED) is 0.583. The monoisotopic (exact) mass is 194 g/mol. The zero-order valence-corrected chi connectivity index (χ0v) is 10.1. The number of carbonyl (C=O) groups excluding carboxylic acids is 1. The maximum absolute atomic E-state index is 12.1. The van der Waals surface area contributed by atoms with Crippen LogP contribution in [0.5, 0.6) is 0 Å². The highest BCUT2D eigenvalue weighted by molar-refractivity contribution is 5.86. The Balaban J connectivity index is 2.77. The Morgan fingerprint density at radius 1 is 1.43 bits per heavy atom. The number of allylic oxidation sites excluding steroid dienone is 2. The van der Waals surface area contributed by atoms with Crippen molar-refractivity contribution in [1.29, 1.82) is 0 Å². The molecule has 0 radical (unpaired) electrons. The fourth-order valence-electron chi connectivity index (χ4n) is 2.22. The van der Waals surface area contributed by atoms with E-state index >= 15 is 0 Å². The first kappa shape index (κ1) is 11.5. The molecule has 1 aliphatic rings. The molecule has 0 saturated heterocycles. The van der Waals surface area contributed by atoms with Crippen molar-refractivity contribution in [3.63, 3.8) is 0 Å². The Morgan fingerprint density at radius 3 is 2.43 bits per heavy atom. The normalized spacial score (nSPS) is 28.5. The van der Waals surface area contributed by atoms with Crippen LogP contribution in [0.1, 0.15) is 47.5 Å². The molecular formula is C13H22O. The van der Waals surface area contributed by atoms with Crippen LogP contribution in [0.15, 0.2) is 11.6 Å². The maximum Gasteiger partial charge on any atom is 0.141 e. The molecule has 1 aliphatic carbocycles. The van der Waals surface area contributed by atoms with Gasteiger partial charge in [-0.1, -0.05) is 39.3 Å². The molecule has 1 nitrogen and oxygen atoms in total. The molecule has 2 atom stereocenters. The Kier molecular flexibility index (Phi) is 3.18. The lowest BCUT2D eigenvalue weighted by molar-refractivity contribution is -0.131. The summed E-state index contributed by atoms with van der Waals surface area (Å²) in [7, 11) is 0. The number of carbonyl (C=O) groups is 1. The summed E-state index contributed by atoms with van der Waals surface area (Å²) in [6, 6.07) is 0. The molecule has 14 heavy (non-hydrogen) atoms. The topological polar surface area (TPSA) is 17.1 Å². The minimum absolute atomic E-state index is 0.183. The van der Waals surface area contributed by atoms with Crippen molar-refractivity contribution in [1.82, 2.24) is 0 Å². The molecular weight excluding hydrogens is 172 g/mol. The van der Waals surface area contributed by atoms with Gasteiger partial charge < -0.3 is 0 Å². The Morgan fingerprint density at radius 2 is 2.00 bits per heavy atom. The molecule has 0 amide bonds. The summed E-state index contributed by atoms with van der Waals surface area (Å²) in [4.78, 5) is 12.1. The summed E-state index contributed by atoms with van der Waals surface area (Å²) in [6.45, 7) is 10.4. The van der Waals surface area contributed by atoms with E-state index in [0.717, 1.165) is 12.8 Å². The first-order valence-electron chi connectivity index (χ1n) is 5.54. The van der Waals surface area contributed by atoms with E-state index in [1.54, 1.807) is 0 Å². The van der Waals surface area contributed by atoms with E-state index in [0.29, 0.717) is 11.7 Å². The van der Waals surface area contributed by atoms with Crippen LogP contribution < -0.4 is 0 Å². The number of Topliss-reactive ketones (excluding diaryl/α,β-unsaturated/α-hetero) is 1. The molecule has 0 saturated carbocycles. The molecule has 0 aliphatic heterocycles. The number of hydrogen-bond donors (Lipinski definition) is 0. The van der Waals surface area contributed by atoms with Crippen molar-refractivity contribution in [3.05, 3.63) is 11.6 Å². The highest BCUT2D eigenvalue weighted by atomic mass is 16.1. The van der Waals surface area contributed by atoms with Crippen LogP contribution in [-0.2, 0) is 4.79 Å². The zero-order chi connectivity index (χ0) is 10.9. The van der Waals surface area contributed by atoms with Gasteiger partial charge in [0.05, 0.1) is 0 Å². The summed E-state index contributed by atoms with van der Waals surface area (Å²) < 4.78 is 0. The minimum atomic E-state index is -0.183. The number of hydrogen-bond acceptors (Lipinski definition) is 1. The van der Waals surface area contributed by atoms with Crippen LogP contribution >= 0.6 is 0 Å². The molecule has 80 valence electrons. The smallest absolute Gasteiger partial charge is 0.141 e. The van der Waals surface area contributed by atoms with Gasteiger partial charge in [-0.3, -0.25) is 4.79 Å². The third-order valence-corrected chi connectivity index (χ3v) is 3.11. The first-order valence-corrected chi connectivity index (χ1v) is 5.54. The van der Waals surface area contributed by atoms with Gasteiger partial charge in [0.2, 0.25) is 0 Å². The SMILES string of the molecule is CC1=C[C@H](C)[C@H](C(=O)C(C)(C)C)CC1. The Labute approximate surface area is 87.6 Å². The third-order valence-electron chi connectivity index (χ3n) is 3.11. The molecule has 0 N–H and O–H groups in total. The first-order chi connectivity index (χ1) is 6.32. The van der Waals surface area contributed by atoms with E-state index in [4.69, 9.17) is 0 Å². The predicted octanol–water partition coefficient (Wildman–Crippen LogP) is 3.59. The standard InChI is InChI=1S/C13H22O/c1-9-6-7-11(10(2)8-9)12(14)13(3,4)5/h8,10-11H,6-7H2,1-5H3/t10-,11+/m0/s1. The van der Waals surface area contributed by atoms with Gasteiger partial charge in [0, 0.05) is 11.3 Å². The van der Waals surface area contributed by atoms with Gasteiger partial charge in [0.1, 0.15) is 5.78 Å². The van der Waals surface area contributed by atoms with Gasteiger partial charge in [-0.15, -0.1) is 0 Å². The molecule has 0 bridgehead atoms. The molecule has 0 fully saturated rings. The van der Waals surface area contributed by atoms with E-state index in [-0.39, 0.29) is 11.3 Å². The Hall–Kier alpha value is -0.590. The van der Waals surface area contributed by atoms with Crippen LogP contribution in [0.4, 0.5) is 0 Å². The zero-order valence-electron chi connectivity index (χ0n) is 10.1. The summed E-state index contributed by atoms with van der Waals surface area (Å²) in [6.07, 6.45) is 4.40. The van der Waals surface area contributed by atoms with Crippen molar-refractivity contribution in [2.45, 2.75) is 47.5 Å². The molecule has 0 spiro atoms. The summed E-state index contributed by atoms with van der Waals surface area (Å²) in [5.74, 6) is 1.10. The second-order valence-corrected chi connectivity index (χ2v) is 5.63. The molecule has 0 aromatic rings. The van der Waals surface area contributed by atoms with E-state index in [1.165, 1.54) is 5.57 Å². The molecule has 0 aromatic heterocycles. The minimum Gasteiger partial charge on any atom is -0.299 e. The fourth-order valence-corrected chi connectivity index (χ4v) is 2.22. The number of rotatable bonds is 1. The van der Waals surface area contributed by atoms with Crippen LogP contribution in [0, 0.1) is 17.3 Å². The Bertz CT molecular complexity index is 255. The van der Waals surface area contributed by atoms with E-state index < -0.39 is 0 Å². The molecule has 0 aromatic carbocycles. The lowest BCUT2D eigenvalue weighted by atomic mass is 9.72. The van der Waals surface area contributed by atoms with Crippen LogP contribution in [-0.4, -0.2) is 5.78 Å². The average Bonchev–Trinajstić information content (AvgIpc) is 2.01. The largest absolute Gasteiger partial charge is 0.299 e. The highest BCUT2D eigenvalue weighted by Gasteiger charge is 2.33. The molecule has 1 heteroatoms. The summed E-state index contributed by atoms with van der Waals surface area (Å²) in [5, 5.41) is 0. The average molecular weight is 194 g/mol. The van der Waals surface area contributed by atoms with Crippen molar-refractivity contribution in [3.8, 4) is 0 Å². The van der Waals surface area contributed by atoms with Crippen LogP contribution in [0.25, 0.3) is 0 Å². The van der Waals surface area contributed by atoms with Crippen LogP contribution in [0.2, 0.25) is 0 Å². The highest BCUT2D eigenvalue weighted by Crippen LogP contribution is 2.34. The van der Waals surface area contributed by atoms with E-state index in [1.807, 2.05) is 20.8 Å². The molecule has 0 unspecified atom stereocenters. The van der Waals surface area contributed by atoms with E-state index in [9.17, 15) is 4.79 Å². The van der Waals surface area contributed by atoms with Crippen LogP contribution in [0.3, 0.4) is 0 Å². The van der Waals surface area contributed by atoms with Gasteiger partial charge >= 0.3 is 0 Å². The van der Waals surface area contributed by atoms with Gasteiger partial charge in [-0.25, -0.2) is 0 Å². The van der Waals surface area contributed by atoms with Gasteiger partial charge in [-0.05, 0) is 25.7 Å². The predicted molar refractivity (Wildman–Crippen MR) is 60.1 cm³/mol. The lowest BCUT2D eigenvalue weighted by Gasteiger charge is -2.31. The van der Waals surface area contributed by atoms with Gasteiger partial charge in [0.15, 0.2) is 0 Å². The summed E-state index contributed by atoms with van der Waals surface area (Å²) >= 11 is 0. The van der Waals surface area contributed by atoms with Crippen molar-refractivity contribution in [2.75, 3.05) is 0 Å². The fraction of sp³-hybridized carbons (Fsp3) is 0.769. The van der Waals surface area contributed by atoms with Crippen molar-refractivity contribution < 1.29 is 4.79 Å². The lowest BCUT2D eigenvalue weighted by Crippen LogP contribution is -2.33. The molecule has 0 heterocycles. The maximum atomic E-state index is 12.1. The summed E-state index contributed by atoms with van der Waals surface area (Å²) in [5.41, 5.74) is 1.26. The second kappa shape index (κ2) is 3.88. The van der Waals surface area contributed by atoms with E-state index in [2.05, 4.69) is 19.9 Å². The second-order valence-electron chi connectivity index (χ2n) is 5.63. The van der Waals surface area contributed by atoms with Gasteiger partial charge in [-0.2, -0.15) is 0 Å². The number of ketones is 1. The third kappa shape index (κ3) is 2.46. The van der Waals surface area contributed by atoms with Crippen molar-refractivity contribution >= 4 is 5.78 Å². The van der Waals surface area contributed by atoms with Crippen molar-refractivity contribution in [2.24, 2.45) is 17.3 Å².